The van der Waals surface area contributed by atoms with E-state index in [1.54, 1.807) is 37.6 Å². The molecule has 0 spiro atoms. The van der Waals surface area contributed by atoms with Crippen molar-refractivity contribution in [2.75, 3.05) is 39.6 Å². The van der Waals surface area contributed by atoms with Gasteiger partial charge >= 0.3 is 0 Å². The number of nitrogens with one attached hydrogen (secondary N) is 2. The van der Waals surface area contributed by atoms with Gasteiger partial charge in [0.1, 0.15) is 11.6 Å². The second kappa shape index (κ2) is 9.25. The summed E-state index contributed by atoms with van der Waals surface area (Å²) in [7, 11) is 5.58. The minimum atomic E-state index is -0.114. The van der Waals surface area contributed by atoms with Gasteiger partial charge in [-0.3, -0.25) is 4.79 Å². The summed E-state index contributed by atoms with van der Waals surface area (Å²) in [6, 6.07) is 8.75. The molecule has 0 saturated carbocycles. The van der Waals surface area contributed by atoms with Gasteiger partial charge in [-0.1, -0.05) is 11.6 Å². The van der Waals surface area contributed by atoms with Crippen LogP contribution in [0.25, 0.3) is 0 Å². The molecule has 1 aromatic carbocycles. The summed E-state index contributed by atoms with van der Waals surface area (Å²) in [6.07, 6.45) is 2.50. The van der Waals surface area contributed by atoms with E-state index >= 15 is 0 Å². The Hall–Kier alpha value is -2.31. The number of carbonyl (C=O) groups excluding carboxylic acids is 1. The number of halogens is 1. The zero-order chi connectivity index (χ0) is 18.2. The van der Waals surface area contributed by atoms with Crippen LogP contribution in [0.3, 0.4) is 0 Å². The largest absolute Gasteiger partial charge is 0.495 e. The zero-order valence-corrected chi connectivity index (χ0v) is 15.4. The second-order valence-electron chi connectivity index (χ2n) is 5.82. The predicted molar refractivity (Wildman–Crippen MR) is 101 cm³/mol. The maximum atomic E-state index is 12.2. The van der Waals surface area contributed by atoms with Crippen molar-refractivity contribution in [2.24, 2.45) is 0 Å². The zero-order valence-electron chi connectivity index (χ0n) is 14.7. The number of hydrogen-bond donors (Lipinski definition) is 2. The van der Waals surface area contributed by atoms with Gasteiger partial charge in [-0.2, -0.15) is 0 Å². The van der Waals surface area contributed by atoms with Crippen molar-refractivity contribution >= 4 is 29.0 Å². The van der Waals surface area contributed by atoms with Gasteiger partial charge in [0.2, 0.25) is 0 Å². The molecule has 0 atom stereocenters. The van der Waals surface area contributed by atoms with Crippen molar-refractivity contribution < 1.29 is 9.53 Å². The van der Waals surface area contributed by atoms with Crippen molar-refractivity contribution in [3.63, 3.8) is 0 Å². The summed E-state index contributed by atoms with van der Waals surface area (Å²) in [5, 5.41) is 6.55. The van der Waals surface area contributed by atoms with Gasteiger partial charge in [0, 0.05) is 24.0 Å². The Bertz CT molecular complexity index is 722. The first-order chi connectivity index (χ1) is 12.0. The van der Waals surface area contributed by atoms with Gasteiger partial charge in [-0.15, -0.1) is 0 Å². The minimum absolute atomic E-state index is 0.114. The number of nitrogens with zero attached hydrogens (tertiary/aromatic N) is 2. The third-order valence-corrected chi connectivity index (χ3v) is 3.81. The predicted octanol–water partition coefficient (Wildman–Crippen LogP) is 3.17. The number of benzene rings is 1. The molecule has 1 aromatic heterocycles. The SMILES string of the molecule is COc1ccc(Nc2cc(C(=O)NCCCN(C)C)ccn2)cc1Cl. The normalized spacial score (nSPS) is 10.6. The average molecular weight is 363 g/mol. The molecule has 2 aromatic rings. The van der Waals surface area contributed by atoms with Gasteiger partial charge < -0.3 is 20.3 Å². The molecule has 7 heteroatoms. The Morgan fingerprint density at radius 2 is 2.08 bits per heavy atom. The molecule has 0 aliphatic rings. The van der Waals surface area contributed by atoms with Crippen LogP contribution in [0.4, 0.5) is 11.5 Å². The topological polar surface area (TPSA) is 66.5 Å². The smallest absolute Gasteiger partial charge is 0.251 e. The van der Waals surface area contributed by atoms with E-state index in [1.807, 2.05) is 20.2 Å². The fourth-order valence-electron chi connectivity index (χ4n) is 2.23. The molecule has 25 heavy (non-hydrogen) atoms. The van der Waals surface area contributed by atoms with E-state index in [4.69, 9.17) is 16.3 Å². The van der Waals surface area contributed by atoms with Gasteiger partial charge in [0.05, 0.1) is 12.1 Å². The van der Waals surface area contributed by atoms with Crippen molar-refractivity contribution in [1.82, 2.24) is 15.2 Å². The Kier molecular flexibility index (Phi) is 7.03. The van der Waals surface area contributed by atoms with E-state index in [-0.39, 0.29) is 5.91 Å². The summed E-state index contributed by atoms with van der Waals surface area (Å²) in [5.74, 6) is 1.06. The number of pyridine rings is 1. The third-order valence-electron chi connectivity index (χ3n) is 3.51. The monoisotopic (exact) mass is 362 g/mol. The molecule has 0 saturated heterocycles. The molecule has 0 aliphatic carbocycles. The maximum absolute atomic E-state index is 12.2. The maximum Gasteiger partial charge on any atom is 0.251 e. The number of ether oxygens (including phenoxy) is 1. The van der Waals surface area contributed by atoms with E-state index < -0.39 is 0 Å². The lowest BCUT2D eigenvalue weighted by molar-refractivity contribution is 0.0952. The molecule has 6 nitrogen and oxygen atoms in total. The summed E-state index contributed by atoms with van der Waals surface area (Å²) < 4.78 is 5.13. The summed E-state index contributed by atoms with van der Waals surface area (Å²) in [5.41, 5.74) is 1.32. The van der Waals surface area contributed by atoms with Crippen LogP contribution in [0.5, 0.6) is 5.75 Å². The highest BCUT2D eigenvalue weighted by Crippen LogP contribution is 2.28. The lowest BCUT2D eigenvalue weighted by Crippen LogP contribution is -2.27. The summed E-state index contributed by atoms with van der Waals surface area (Å²) in [4.78, 5) is 18.5. The number of hydrogen-bond acceptors (Lipinski definition) is 5. The molecule has 0 unspecified atom stereocenters. The first-order valence-corrected chi connectivity index (χ1v) is 8.37. The van der Waals surface area contributed by atoms with Crippen LogP contribution in [-0.2, 0) is 0 Å². The van der Waals surface area contributed by atoms with Crippen LogP contribution in [-0.4, -0.2) is 50.1 Å². The number of carbonyl (C=O) groups is 1. The molecule has 1 heterocycles. The van der Waals surface area contributed by atoms with Gasteiger partial charge in [0.15, 0.2) is 0 Å². The molecule has 0 radical (unpaired) electrons. The lowest BCUT2D eigenvalue weighted by Gasteiger charge is -2.11. The Morgan fingerprint density at radius 3 is 2.76 bits per heavy atom. The van der Waals surface area contributed by atoms with Crippen molar-refractivity contribution in [1.29, 1.82) is 0 Å². The number of aromatic nitrogens is 1. The van der Waals surface area contributed by atoms with E-state index in [0.717, 1.165) is 18.7 Å². The quantitative estimate of drug-likeness (QED) is 0.706. The molecular weight excluding hydrogens is 340 g/mol. The summed E-state index contributed by atoms with van der Waals surface area (Å²) in [6.45, 7) is 1.57. The first-order valence-electron chi connectivity index (χ1n) is 7.99. The van der Waals surface area contributed by atoms with Gasteiger partial charge in [-0.05, 0) is 57.4 Å². The number of rotatable bonds is 8. The first kappa shape index (κ1) is 19.0. The fraction of sp³-hybridized carbons (Fsp3) is 0.333. The lowest BCUT2D eigenvalue weighted by atomic mass is 10.2. The molecule has 2 rings (SSSR count). The van der Waals surface area contributed by atoms with Crippen LogP contribution in [0.15, 0.2) is 36.5 Å². The molecule has 0 bridgehead atoms. The number of amides is 1. The van der Waals surface area contributed by atoms with E-state index in [9.17, 15) is 4.79 Å². The second-order valence-corrected chi connectivity index (χ2v) is 6.22. The van der Waals surface area contributed by atoms with Crippen molar-refractivity contribution in [2.45, 2.75) is 6.42 Å². The highest BCUT2D eigenvalue weighted by atomic mass is 35.5. The van der Waals surface area contributed by atoms with Crippen LogP contribution in [0.1, 0.15) is 16.8 Å². The summed E-state index contributed by atoms with van der Waals surface area (Å²) >= 11 is 6.12. The number of methoxy groups -OCH3 is 1. The minimum Gasteiger partial charge on any atom is -0.495 e. The Morgan fingerprint density at radius 1 is 1.28 bits per heavy atom. The third kappa shape index (κ3) is 5.92. The molecule has 0 aliphatic heterocycles. The molecule has 0 fully saturated rings. The van der Waals surface area contributed by atoms with Gasteiger partial charge in [0.25, 0.3) is 5.91 Å². The highest BCUT2D eigenvalue weighted by molar-refractivity contribution is 6.32. The number of anilines is 2. The van der Waals surface area contributed by atoms with Crippen LogP contribution in [0.2, 0.25) is 5.02 Å². The Labute approximate surface area is 153 Å². The van der Waals surface area contributed by atoms with Crippen LogP contribution in [0, 0.1) is 0 Å². The Balaban J connectivity index is 1.98. The van der Waals surface area contributed by atoms with E-state index in [0.29, 0.717) is 28.7 Å². The van der Waals surface area contributed by atoms with E-state index in [1.165, 1.54) is 0 Å². The average Bonchev–Trinajstić information content (AvgIpc) is 2.59. The molecular formula is C18H23ClN4O2. The fourth-order valence-corrected chi connectivity index (χ4v) is 2.49. The van der Waals surface area contributed by atoms with Crippen LogP contribution >= 0.6 is 11.6 Å². The molecule has 1 amide bonds. The molecule has 134 valence electrons. The van der Waals surface area contributed by atoms with E-state index in [2.05, 4.69) is 20.5 Å². The standard InChI is InChI=1S/C18H23ClN4O2/c1-23(2)10-4-8-21-18(24)13-7-9-20-17(11-13)22-14-5-6-16(25-3)15(19)12-14/h5-7,9,11-12H,4,8,10H2,1-3H3,(H,20,22)(H,21,24). The molecule has 2 N–H and O–H groups in total. The van der Waals surface area contributed by atoms with Crippen molar-refractivity contribution in [3.8, 4) is 5.75 Å². The van der Waals surface area contributed by atoms with Gasteiger partial charge in [-0.25, -0.2) is 4.98 Å². The highest BCUT2D eigenvalue weighted by Gasteiger charge is 2.08. The van der Waals surface area contributed by atoms with Crippen LogP contribution < -0.4 is 15.4 Å². The van der Waals surface area contributed by atoms with Crippen molar-refractivity contribution in [3.05, 3.63) is 47.1 Å².